The smallest absolute Gasteiger partial charge is 0.254 e. The van der Waals surface area contributed by atoms with Gasteiger partial charge < -0.3 is 10.6 Å². The van der Waals surface area contributed by atoms with Crippen molar-refractivity contribution in [1.82, 2.24) is 4.90 Å². The summed E-state index contributed by atoms with van der Waals surface area (Å²) in [6.45, 7) is 7.73. The van der Waals surface area contributed by atoms with E-state index in [9.17, 15) is 4.79 Å². The van der Waals surface area contributed by atoms with Gasteiger partial charge in [-0.3, -0.25) is 4.79 Å². The second-order valence-corrected chi connectivity index (χ2v) is 4.37. The minimum Gasteiger partial charge on any atom is -0.399 e. The molecule has 0 aliphatic carbocycles. The standard InChI is InChI=1S/C14H22N2O/c1-4-8-16(9-5-2)14(17)13-10-12(15)7-6-11(13)3/h6-7,10H,4-5,8-9,15H2,1-3H3. The summed E-state index contributed by atoms with van der Waals surface area (Å²) in [4.78, 5) is 14.3. The molecular weight excluding hydrogens is 212 g/mol. The Morgan fingerprint density at radius 1 is 1.24 bits per heavy atom. The maximum atomic E-state index is 12.4. The molecule has 0 atom stereocenters. The van der Waals surface area contributed by atoms with E-state index in [0.29, 0.717) is 5.69 Å². The monoisotopic (exact) mass is 234 g/mol. The highest BCUT2D eigenvalue weighted by molar-refractivity contribution is 5.96. The fourth-order valence-corrected chi connectivity index (χ4v) is 1.90. The fourth-order valence-electron chi connectivity index (χ4n) is 1.90. The van der Waals surface area contributed by atoms with Crippen LogP contribution in [0.5, 0.6) is 0 Å². The van der Waals surface area contributed by atoms with E-state index < -0.39 is 0 Å². The Kier molecular flexibility index (Phi) is 5.01. The average molecular weight is 234 g/mol. The van der Waals surface area contributed by atoms with E-state index in [1.165, 1.54) is 0 Å². The van der Waals surface area contributed by atoms with Crippen LogP contribution in [-0.2, 0) is 0 Å². The first-order valence-electron chi connectivity index (χ1n) is 6.25. The molecule has 3 nitrogen and oxygen atoms in total. The SMILES string of the molecule is CCCN(CCC)C(=O)c1cc(N)ccc1C. The van der Waals surface area contributed by atoms with Gasteiger partial charge in [0.25, 0.3) is 5.91 Å². The summed E-state index contributed by atoms with van der Waals surface area (Å²) in [6.07, 6.45) is 1.96. The summed E-state index contributed by atoms with van der Waals surface area (Å²) >= 11 is 0. The van der Waals surface area contributed by atoms with Gasteiger partial charge >= 0.3 is 0 Å². The molecule has 0 bridgehead atoms. The zero-order valence-corrected chi connectivity index (χ0v) is 11.0. The number of amides is 1. The Bertz CT molecular complexity index is 382. The lowest BCUT2D eigenvalue weighted by Gasteiger charge is -2.22. The number of nitrogens with two attached hydrogens (primary N) is 1. The number of hydrogen-bond donors (Lipinski definition) is 1. The molecule has 0 fully saturated rings. The van der Waals surface area contributed by atoms with Crippen molar-refractivity contribution in [1.29, 1.82) is 0 Å². The molecule has 0 aromatic heterocycles. The largest absolute Gasteiger partial charge is 0.399 e. The summed E-state index contributed by atoms with van der Waals surface area (Å²) in [6, 6.07) is 5.50. The van der Waals surface area contributed by atoms with Gasteiger partial charge in [-0.1, -0.05) is 19.9 Å². The van der Waals surface area contributed by atoms with E-state index in [2.05, 4.69) is 13.8 Å². The summed E-state index contributed by atoms with van der Waals surface area (Å²) in [5.74, 6) is 0.0958. The van der Waals surface area contributed by atoms with Gasteiger partial charge in [-0.15, -0.1) is 0 Å². The fraction of sp³-hybridized carbons (Fsp3) is 0.500. The lowest BCUT2D eigenvalue weighted by molar-refractivity contribution is 0.0755. The number of nitrogens with zero attached hydrogens (tertiary/aromatic N) is 1. The molecule has 0 spiro atoms. The normalized spacial score (nSPS) is 10.3. The van der Waals surface area contributed by atoms with Crippen LogP contribution in [0.2, 0.25) is 0 Å². The van der Waals surface area contributed by atoms with Crippen molar-refractivity contribution >= 4 is 11.6 Å². The Hall–Kier alpha value is -1.51. The van der Waals surface area contributed by atoms with E-state index in [4.69, 9.17) is 5.73 Å². The third kappa shape index (κ3) is 3.48. The van der Waals surface area contributed by atoms with Crippen LogP contribution in [-0.4, -0.2) is 23.9 Å². The van der Waals surface area contributed by atoms with Gasteiger partial charge in [0.15, 0.2) is 0 Å². The molecule has 17 heavy (non-hydrogen) atoms. The van der Waals surface area contributed by atoms with Crippen molar-refractivity contribution < 1.29 is 4.79 Å². The highest BCUT2D eigenvalue weighted by Crippen LogP contribution is 2.15. The minimum absolute atomic E-state index is 0.0958. The number of aryl methyl sites for hydroxylation is 1. The van der Waals surface area contributed by atoms with E-state index in [-0.39, 0.29) is 5.91 Å². The molecule has 0 heterocycles. The van der Waals surface area contributed by atoms with Crippen molar-refractivity contribution in [3.05, 3.63) is 29.3 Å². The molecule has 2 N–H and O–H groups in total. The molecule has 1 aromatic carbocycles. The van der Waals surface area contributed by atoms with Crippen molar-refractivity contribution in [3.63, 3.8) is 0 Å². The van der Waals surface area contributed by atoms with Crippen LogP contribution in [0.15, 0.2) is 18.2 Å². The number of benzene rings is 1. The third-order valence-electron chi connectivity index (χ3n) is 2.77. The quantitative estimate of drug-likeness (QED) is 0.796. The van der Waals surface area contributed by atoms with E-state index in [0.717, 1.165) is 37.1 Å². The van der Waals surface area contributed by atoms with Gasteiger partial charge in [-0.2, -0.15) is 0 Å². The Labute approximate surface area is 104 Å². The summed E-state index contributed by atoms with van der Waals surface area (Å²) in [5.41, 5.74) is 8.10. The van der Waals surface area contributed by atoms with Gasteiger partial charge in [0.05, 0.1) is 0 Å². The molecule has 0 aliphatic rings. The Balaban J connectivity index is 2.95. The maximum absolute atomic E-state index is 12.4. The molecule has 0 radical (unpaired) electrons. The summed E-state index contributed by atoms with van der Waals surface area (Å²) in [5, 5.41) is 0. The van der Waals surface area contributed by atoms with E-state index in [1.807, 2.05) is 24.0 Å². The molecule has 3 heteroatoms. The first kappa shape index (κ1) is 13.6. The topological polar surface area (TPSA) is 46.3 Å². The Morgan fingerprint density at radius 3 is 2.35 bits per heavy atom. The van der Waals surface area contributed by atoms with Crippen molar-refractivity contribution in [2.24, 2.45) is 0 Å². The van der Waals surface area contributed by atoms with Crippen LogP contribution >= 0.6 is 0 Å². The zero-order valence-electron chi connectivity index (χ0n) is 11.0. The summed E-state index contributed by atoms with van der Waals surface area (Å²) in [7, 11) is 0. The predicted octanol–water partition coefficient (Wildman–Crippen LogP) is 2.84. The summed E-state index contributed by atoms with van der Waals surface area (Å²) < 4.78 is 0. The molecular formula is C14H22N2O. The Morgan fingerprint density at radius 2 is 1.82 bits per heavy atom. The van der Waals surface area contributed by atoms with Crippen LogP contribution in [0, 0.1) is 6.92 Å². The van der Waals surface area contributed by atoms with E-state index >= 15 is 0 Å². The zero-order chi connectivity index (χ0) is 12.8. The number of hydrogen-bond acceptors (Lipinski definition) is 2. The van der Waals surface area contributed by atoms with Crippen molar-refractivity contribution in [2.75, 3.05) is 18.8 Å². The van der Waals surface area contributed by atoms with Crippen LogP contribution in [0.3, 0.4) is 0 Å². The number of rotatable bonds is 5. The van der Waals surface area contributed by atoms with Crippen molar-refractivity contribution in [3.8, 4) is 0 Å². The molecule has 0 saturated carbocycles. The van der Waals surface area contributed by atoms with Crippen LogP contribution in [0.25, 0.3) is 0 Å². The lowest BCUT2D eigenvalue weighted by Crippen LogP contribution is -2.33. The highest BCUT2D eigenvalue weighted by atomic mass is 16.2. The number of anilines is 1. The van der Waals surface area contributed by atoms with E-state index in [1.54, 1.807) is 6.07 Å². The number of carbonyl (C=O) groups excluding carboxylic acids is 1. The van der Waals surface area contributed by atoms with Gasteiger partial charge in [0.2, 0.25) is 0 Å². The first-order chi connectivity index (χ1) is 8.10. The van der Waals surface area contributed by atoms with Crippen LogP contribution < -0.4 is 5.73 Å². The maximum Gasteiger partial charge on any atom is 0.254 e. The number of nitrogen functional groups attached to an aromatic ring is 1. The molecule has 1 amide bonds. The highest BCUT2D eigenvalue weighted by Gasteiger charge is 2.16. The molecule has 1 aromatic rings. The number of carbonyl (C=O) groups is 1. The first-order valence-corrected chi connectivity index (χ1v) is 6.25. The minimum atomic E-state index is 0.0958. The van der Waals surface area contributed by atoms with Gasteiger partial charge in [0.1, 0.15) is 0 Å². The molecule has 0 aliphatic heterocycles. The van der Waals surface area contributed by atoms with Crippen LogP contribution in [0.1, 0.15) is 42.6 Å². The molecule has 0 saturated heterocycles. The predicted molar refractivity (Wildman–Crippen MR) is 72.1 cm³/mol. The third-order valence-corrected chi connectivity index (χ3v) is 2.77. The van der Waals surface area contributed by atoms with Crippen LogP contribution in [0.4, 0.5) is 5.69 Å². The molecule has 0 unspecified atom stereocenters. The second-order valence-electron chi connectivity index (χ2n) is 4.37. The lowest BCUT2D eigenvalue weighted by atomic mass is 10.1. The van der Waals surface area contributed by atoms with Crippen molar-refractivity contribution in [2.45, 2.75) is 33.6 Å². The van der Waals surface area contributed by atoms with Gasteiger partial charge in [-0.05, 0) is 37.5 Å². The molecule has 94 valence electrons. The van der Waals surface area contributed by atoms with Gasteiger partial charge in [-0.25, -0.2) is 0 Å². The second kappa shape index (κ2) is 6.28. The van der Waals surface area contributed by atoms with Gasteiger partial charge in [0, 0.05) is 24.3 Å². The molecule has 1 rings (SSSR count). The average Bonchev–Trinajstić information content (AvgIpc) is 2.31.